The van der Waals surface area contributed by atoms with Crippen molar-refractivity contribution in [1.29, 1.82) is 0 Å². The highest BCUT2D eigenvalue weighted by molar-refractivity contribution is 5.84. The van der Waals surface area contributed by atoms with Crippen molar-refractivity contribution < 1.29 is 9.90 Å². The first-order valence-corrected chi connectivity index (χ1v) is 7.14. The second-order valence-corrected chi connectivity index (χ2v) is 5.07. The molecule has 0 amide bonds. The average Bonchev–Trinajstić information content (AvgIpc) is 2.55. The summed E-state index contributed by atoms with van der Waals surface area (Å²) in [6.45, 7) is 3.75. The molecular weight excluding hydrogens is 260 g/mol. The van der Waals surface area contributed by atoms with Crippen molar-refractivity contribution in [3.05, 3.63) is 84.4 Å². The van der Waals surface area contributed by atoms with Gasteiger partial charge in [0.25, 0.3) is 0 Å². The van der Waals surface area contributed by atoms with Crippen LogP contribution in [0.5, 0.6) is 0 Å². The van der Waals surface area contributed by atoms with Crippen LogP contribution in [0.2, 0.25) is 0 Å². The fourth-order valence-electron chi connectivity index (χ4n) is 2.38. The standard InChI is InChI=1S/C19H20O2/c1-2-17(16-11-7-4-8-12-16)19(21)18(20)14-13-15-9-5-3-6-10-15/h2-12,17,19,21H,1,13-14H2/t17-,19-/m1/s1. The highest BCUT2D eigenvalue weighted by Crippen LogP contribution is 2.22. The topological polar surface area (TPSA) is 37.3 Å². The van der Waals surface area contributed by atoms with E-state index in [9.17, 15) is 9.90 Å². The van der Waals surface area contributed by atoms with Gasteiger partial charge in [0, 0.05) is 12.3 Å². The number of aliphatic hydroxyl groups is 1. The van der Waals surface area contributed by atoms with E-state index in [-0.39, 0.29) is 11.7 Å². The molecule has 2 aromatic rings. The normalized spacial score (nSPS) is 13.4. The van der Waals surface area contributed by atoms with Crippen LogP contribution in [0.3, 0.4) is 0 Å². The predicted molar refractivity (Wildman–Crippen MR) is 85.2 cm³/mol. The summed E-state index contributed by atoms with van der Waals surface area (Å²) in [6.07, 6.45) is 1.59. The molecule has 2 rings (SSSR count). The molecule has 2 nitrogen and oxygen atoms in total. The number of rotatable bonds is 7. The van der Waals surface area contributed by atoms with Crippen LogP contribution in [-0.2, 0) is 11.2 Å². The van der Waals surface area contributed by atoms with E-state index in [1.807, 2.05) is 60.7 Å². The van der Waals surface area contributed by atoms with E-state index in [0.29, 0.717) is 12.8 Å². The smallest absolute Gasteiger partial charge is 0.162 e. The first kappa shape index (κ1) is 15.2. The average molecular weight is 280 g/mol. The van der Waals surface area contributed by atoms with E-state index in [2.05, 4.69) is 6.58 Å². The van der Waals surface area contributed by atoms with Crippen LogP contribution in [0.4, 0.5) is 0 Å². The summed E-state index contributed by atoms with van der Waals surface area (Å²) in [5.74, 6) is -0.498. The van der Waals surface area contributed by atoms with E-state index >= 15 is 0 Å². The maximum atomic E-state index is 12.2. The van der Waals surface area contributed by atoms with Gasteiger partial charge in [0.2, 0.25) is 0 Å². The van der Waals surface area contributed by atoms with E-state index in [1.165, 1.54) is 0 Å². The molecule has 0 aliphatic heterocycles. The molecule has 0 saturated carbocycles. The van der Waals surface area contributed by atoms with Crippen LogP contribution in [0.1, 0.15) is 23.5 Å². The van der Waals surface area contributed by atoms with Crippen molar-refractivity contribution in [3.8, 4) is 0 Å². The lowest BCUT2D eigenvalue weighted by Crippen LogP contribution is -2.27. The Morgan fingerprint density at radius 2 is 1.62 bits per heavy atom. The zero-order chi connectivity index (χ0) is 15.1. The van der Waals surface area contributed by atoms with E-state index in [1.54, 1.807) is 6.08 Å². The molecule has 1 N–H and O–H groups in total. The summed E-state index contributed by atoms with van der Waals surface area (Å²) in [5.41, 5.74) is 2.01. The molecule has 2 heteroatoms. The zero-order valence-corrected chi connectivity index (χ0v) is 12.0. The Hall–Kier alpha value is -2.19. The lowest BCUT2D eigenvalue weighted by atomic mass is 9.89. The molecule has 0 radical (unpaired) electrons. The van der Waals surface area contributed by atoms with Crippen LogP contribution >= 0.6 is 0 Å². The van der Waals surface area contributed by atoms with Gasteiger partial charge in [-0.1, -0.05) is 66.7 Å². The molecule has 108 valence electrons. The third-order valence-electron chi connectivity index (χ3n) is 3.61. The number of carbonyl (C=O) groups excluding carboxylic acids is 1. The molecule has 0 bridgehead atoms. The molecule has 0 heterocycles. The van der Waals surface area contributed by atoms with Gasteiger partial charge in [-0.05, 0) is 17.5 Å². The van der Waals surface area contributed by atoms with Crippen LogP contribution in [0, 0.1) is 0 Å². The van der Waals surface area contributed by atoms with Crippen molar-refractivity contribution >= 4 is 5.78 Å². The molecule has 2 aromatic carbocycles. The largest absolute Gasteiger partial charge is 0.384 e. The van der Waals surface area contributed by atoms with Crippen LogP contribution in [0.25, 0.3) is 0 Å². The number of Topliss-reactive ketones (excluding diaryl/α,β-unsaturated/α-hetero) is 1. The summed E-state index contributed by atoms with van der Waals surface area (Å²) < 4.78 is 0. The molecule has 0 fully saturated rings. The molecular formula is C19H20O2. The number of aryl methyl sites for hydroxylation is 1. The summed E-state index contributed by atoms with van der Waals surface area (Å²) in [5, 5.41) is 10.3. The van der Waals surface area contributed by atoms with Gasteiger partial charge in [-0.2, -0.15) is 0 Å². The van der Waals surface area contributed by atoms with E-state index in [0.717, 1.165) is 11.1 Å². The third-order valence-corrected chi connectivity index (χ3v) is 3.61. The number of benzene rings is 2. The number of carbonyl (C=O) groups is 1. The van der Waals surface area contributed by atoms with Crippen molar-refractivity contribution in [2.75, 3.05) is 0 Å². The monoisotopic (exact) mass is 280 g/mol. The van der Waals surface area contributed by atoms with Crippen LogP contribution in [-0.4, -0.2) is 17.0 Å². The number of hydrogen-bond donors (Lipinski definition) is 1. The van der Waals surface area contributed by atoms with Crippen molar-refractivity contribution in [2.45, 2.75) is 24.9 Å². The SMILES string of the molecule is C=C[C@H](c1ccccc1)[C@@H](O)C(=O)CCc1ccccc1. The number of aliphatic hydroxyl groups excluding tert-OH is 1. The maximum Gasteiger partial charge on any atom is 0.162 e. The second-order valence-electron chi connectivity index (χ2n) is 5.07. The first-order chi connectivity index (χ1) is 10.2. The Kier molecular flexibility index (Phi) is 5.47. The lowest BCUT2D eigenvalue weighted by molar-refractivity contribution is -0.127. The fraction of sp³-hybridized carbons (Fsp3) is 0.211. The summed E-state index contributed by atoms with van der Waals surface area (Å²) in [6, 6.07) is 19.3. The van der Waals surface area contributed by atoms with Gasteiger partial charge in [-0.25, -0.2) is 0 Å². The second kappa shape index (κ2) is 7.55. The van der Waals surface area contributed by atoms with Gasteiger partial charge in [0.15, 0.2) is 5.78 Å². The highest BCUT2D eigenvalue weighted by atomic mass is 16.3. The minimum atomic E-state index is -1.03. The van der Waals surface area contributed by atoms with Crippen molar-refractivity contribution in [1.82, 2.24) is 0 Å². The minimum absolute atomic E-state index is 0.146. The molecule has 0 aliphatic rings. The molecule has 0 unspecified atom stereocenters. The molecule has 0 aromatic heterocycles. The summed E-state index contributed by atoms with van der Waals surface area (Å²) >= 11 is 0. The third kappa shape index (κ3) is 4.14. The molecule has 0 spiro atoms. The van der Waals surface area contributed by atoms with Gasteiger partial charge < -0.3 is 5.11 Å². The van der Waals surface area contributed by atoms with Gasteiger partial charge in [0.1, 0.15) is 6.10 Å². The molecule has 21 heavy (non-hydrogen) atoms. The highest BCUT2D eigenvalue weighted by Gasteiger charge is 2.24. The summed E-state index contributed by atoms with van der Waals surface area (Å²) in [7, 11) is 0. The van der Waals surface area contributed by atoms with Gasteiger partial charge >= 0.3 is 0 Å². The Morgan fingerprint density at radius 3 is 2.19 bits per heavy atom. The van der Waals surface area contributed by atoms with Crippen molar-refractivity contribution in [3.63, 3.8) is 0 Å². The fourth-order valence-corrected chi connectivity index (χ4v) is 2.38. The van der Waals surface area contributed by atoms with E-state index < -0.39 is 6.10 Å². The zero-order valence-electron chi connectivity index (χ0n) is 12.0. The van der Waals surface area contributed by atoms with Crippen molar-refractivity contribution in [2.24, 2.45) is 0 Å². The van der Waals surface area contributed by atoms with Gasteiger partial charge in [-0.15, -0.1) is 6.58 Å². The first-order valence-electron chi connectivity index (χ1n) is 7.14. The molecule has 0 aliphatic carbocycles. The Morgan fingerprint density at radius 1 is 1.05 bits per heavy atom. The number of hydrogen-bond acceptors (Lipinski definition) is 2. The predicted octanol–water partition coefficient (Wildman–Crippen LogP) is 3.52. The maximum absolute atomic E-state index is 12.2. The minimum Gasteiger partial charge on any atom is -0.384 e. The Labute approximate surface area is 125 Å². The summed E-state index contributed by atoms with van der Waals surface area (Å²) in [4.78, 5) is 12.2. The lowest BCUT2D eigenvalue weighted by Gasteiger charge is -2.19. The Balaban J connectivity index is 1.99. The quantitative estimate of drug-likeness (QED) is 0.788. The number of ketones is 1. The van der Waals surface area contributed by atoms with Gasteiger partial charge in [0.05, 0.1) is 0 Å². The van der Waals surface area contributed by atoms with Crippen LogP contribution in [0.15, 0.2) is 73.3 Å². The van der Waals surface area contributed by atoms with E-state index in [4.69, 9.17) is 0 Å². The molecule has 2 atom stereocenters. The van der Waals surface area contributed by atoms with Crippen LogP contribution < -0.4 is 0 Å². The van der Waals surface area contributed by atoms with Gasteiger partial charge in [-0.3, -0.25) is 4.79 Å². The molecule has 0 saturated heterocycles. The Bertz CT molecular complexity index is 575.